The van der Waals surface area contributed by atoms with Gasteiger partial charge in [0.1, 0.15) is 51.2 Å². The highest BCUT2D eigenvalue weighted by atomic mass is 16.5. The van der Waals surface area contributed by atoms with E-state index in [-0.39, 0.29) is 90.1 Å². The molecule has 3 aromatic carbocycles. The maximum Gasteiger partial charge on any atom is 0.342 e. The van der Waals surface area contributed by atoms with Crippen molar-refractivity contribution in [3.8, 4) is 34.5 Å². The molecule has 13 heteroatoms. The molecule has 43 heavy (non-hydrogen) atoms. The van der Waals surface area contributed by atoms with Crippen LogP contribution in [0.2, 0.25) is 0 Å². The number of aromatic hydroxyl groups is 6. The van der Waals surface area contributed by atoms with Crippen LogP contribution in [0.15, 0.2) is 36.4 Å². The Bertz CT molecular complexity index is 1340. The standard InChI is InChI=1S/C30H33NO12/c1-4-41-28(38)22-10-19(32)7-16(25(22)35)13-31(14-17-8-20(33)11-23(26(17)36)29(39)42-5-2)15-18-9-21(34)12-24(27(18)37)30(40)43-6-3/h7-12,32-37H,4-6,13-15H2,1-3H3. The van der Waals surface area contributed by atoms with E-state index in [1.165, 1.54) is 23.1 Å². The summed E-state index contributed by atoms with van der Waals surface area (Å²) < 4.78 is 14.9. The highest BCUT2D eigenvalue weighted by molar-refractivity contribution is 5.94. The summed E-state index contributed by atoms with van der Waals surface area (Å²) in [4.78, 5) is 38.7. The summed E-state index contributed by atoms with van der Waals surface area (Å²) in [5.74, 6) is -5.32. The molecule has 0 saturated carbocycles. The van der Waals surface area contributed by atoms with Crippen LogP contribution < -0.4 is 0 Å². The Hall–Kier alpha value is -5.17. The Labute approximate surface area is 246 Å². The van der Waals surface area contributed by atoms with E-state index >= 15 is 0 Å². The first-order valence-corrected chi connectivity index (χ1v) is 13.3. The van der Waals surface area contributed by atoms with Gasteiger partial charge < -0.3 is 44.8 Å². The van der Waals surface area contributed by atoms with Gasteiger partial charge in [0, 0.05) is 36.3 Å². The van der Waals surface area contributed by atoms with E-state index in [9.17, 15) is 45.0 Å². The number of hydrogen-bond donors (Lipinski definition) is 6. The number of ether oxygens (including phenoxy) is 3. The van der Waals surface area contributed by atoms with Crippen molar-refractivity contribution in [2.24, 2.45) is 0 Å². The molecule has 0 atom stereocenters. The number of nitrogens with zero attached hydrogens (tertiary/aromatic N) is 1. The second-order valence-electron chi connectivity index (χ2n) is 9.31. The number of phenols is 6. The number of benzene rings is 3. The van der Waals surface area contributed by atoms with E-state index in [2.05, 4.69) is 0 Å². The summed E-state index contributed by atoms with van der Waals surface area (Å²) in [7, 11) is 0. The van der Waals surface area contributed by atoms with Crippen LogP contribution in [-0.2, 0) is 33.8 Å². The Morgan fingerprint density at radius 1 is 0.512 bits per heavy atom. The van der Waals surface area contributed by atoms with Crippen molar-refractivity contribution in [1.82, 2.24) is 4.90 Å². The molecule has 0 amide bonds. The highest BCUT2D eigenvalue weighted by Gasteiger charge is 2.25. The summed E-state index contributed by atoms with van der Waals surface area (Å²) in [6.07, 6.45) is 0. The lowest BCUT2D eigenvalue weighted by atomic mass is 10.0. The molecular weight excluding hydrogens is 566 g/mol. The second kappa shape index (κ2) is 14.1. The number of carbonyl (C=O) groups is 3. The fourth-order valence-corrected chi connectivity index (χ4v) is 4.38. The van der Waals surface area contributed by atoms with Crippen LogP contribution in [0, 0.1) is 0 Å². The zero-order valence-electron chi connectivity index (χ0n) is 23.8. The van der Waals surface area contributed by atoms with Gasteiger partial charge in [0.15, 0.2) is 0 Å². The highest BCUT2D eigenvalue weighted by Crippen LogP contribution is 2.35. The molecular formula is C30H33NO12. The molecule has 0 radical (unpaired) electrons. The molecule has 0 bridgehead atoms. The molecule has 0 fully saturated rings. The van der Waals surface area contributed by atoms with Crippen molar-refractivity contribution >= 4 is 17.9 Å². The summed E-state index contributed by atoms with van der Waals surface area (Å²) in [5, 5.41) is 63.6. The Morgan fingerprint density at radius 3 is 1.00 bits per heavy atom. The average Bonchev–Trinajstić information content (AvgIpc) is 2.94. The van der Waals surface area contributed by atoms with Gasteiger partial charge in [0.05, 0.1) is 19.8 Å². The van der Waals surface area contributed by atoms with E-state index in [0.717, 1.165) is 18.2 Å². The predicted octanol–water partition coefficient (Wildman–Crippen LogP) is 3.65. The van der Waals surface area contributed by atoms with E-state index in [4.69, 9.17) is 14.2 Å². The van der Waals surface area contributed by atoms with Gasteiger partial charge in [-0.25, -0.2) is 14.4 Å². The van der Waals surface area contributed by atoms with E-state index in [1.54, 1.807) is 20.8 Å². The van der Waals surface area contributed by atoms with E-state index < -0.39 is 35.2 Å². The van der Waals surface area contributed by atoms with Gasteiger partial charge in [-0.1, -0.05) is 0 Å². The van der Waals surface area contributed by atoms with Gasteiger partial charge in [-0.15, -0.1) is 0 Å². The Kier molecular flexibility index (Phi) is 10.6. The maximum atomic E-state index is 12.4. The van der Waals surface area contributed by atoms with Gasteiger partial charge in [-0.05, 0) is 57.2 Å². The van der Waals surface area contributed by atoms with Gasteiger partial charge in [-0.2, -0.15) is 0 Å². The number of rotatable bonds is 12. The number of phenolic OH excluding ortho intramolecular Hbond substituents is 6. The van der Waals surface area contributed by atoms with Crippen molar-refractivity contribution in [2.45, 2.75) is 40.4 Å². The van der Waals surface area contributed by atoms with Crippen LogP contribution >= 0.6 is 0 Å². The fourth-order valence-electron chi connectivity index (χ4n) is 4.38. The molecule has 0 aromatic heterocycles. The minimum absolute atomic E-state index is 0.00847. The van der Waals surface area contributed by atoms with Gasteiger partial charge in [-0.3, -0.25) is 4.90 Å². The smallest absolute Gasteiger partial charge is 0.342 e. The molecule has 230 valence electrons. The molecule has 0 aliphatic carbocycles. The molecule has 0 unspecified atom stereocenters. The first kappa shape index (κ1) is 32.3. The molecule has 0 heterocycles. The molecule has 13 nitrogen and oxygen atoms in total. The normalized spacial score (nSPS) is 10.9. The van der Waals surface area contributed by atoms with Gasteiger partial charge >= 0.3 is 17.9 Å². The summed E-state index contributed by atoms with van der Waals surface area (Å²) in [6.45, 7) is 3.94. The maximum absolute atomic E-state index is 12.4. The molecule has 3 rings (SSSR count). The van der Waals surface area contributed by atoms with Crippen LogP contribution in [-0.4, -0.2) is 73.3 Å². The minimum atomic E-state index is -0.891. The van der Waals surface area contributed by atoms with Gasteiger partial charge in [0.2, 0.25) is 0 Å². The summed E-state index contributed by atoms with van der Waals surface area (Å²) in [6, 6.07) is 6.64. The van der Waals surface area contributed by atoms with Crippen molar-refractivity contribution in [2.75, 3.05) is 19.8 Å². The molecule has 3 aromatic rings. The third-order valence-corrected chi connectivity index (χ3v) is 6.19. The Balaban J connectivity index is 2.13. The average molecular weight is 600 g/mol. The lowest BCUT2D eigenvalue weighted by molar-refractivity contribution is 0.0512. The second-order valence-corrected chi connectivity index (χ2v) is 9.31. The largest absolute Gasteiger partial charge is 0.508 e. The Morgan fingerprint density at radius 2 is 0.767 bits per heavy atom. The van der Waals surface area contributed by atoms with Gasteiger partial charge in [0.25, 0.3) is 0 Å². The number of hydrogen-bond acceptors (Lipinski definition) is 13. The molecule has 0 spiro atoms. The monoisotopic (exact) mass is 599 g/mol. The number of esters is 3. The first-order valence-electron chi connectivity index (χ1n) is 13.3. The van der Waals surface area contributed by atoms with Crippen molar-refractivity contribution in [3.63, 3.8) is 0 Å². The third-order valence-electron chi connectivity index (χ3n) is 6.19. The molecule has 0 aliphatic heterocycles. The van der Waals surface area contributed by atoms with Crippen LogP contribution in [0.5, 0.6) is 34.5 Å². The summed E-state index contributed by atoms with van der Waals surface area (Å²) in [5.41, 5.74) is -0.861. The quantitative estimate of drug-likeness (QED) is 0.100. The fraction of sp³-hybridized carbons (Fsp3) is 0.300. The lowest BCUT2D eigenvalue weighted by Gasteiger charge is -2.25. The summed E-state index contributed by atoms with van der Waals surface area (Å²) >= 11 is 0. The van der Waals surface area contributed by atoms with E-state index in [1.807, 2.05) is 0 Å². The molecule has 0 saturated heterocycles. The minimum Gasteiger partial charge on any atom is -0.508 e. The molecule has 0 aliphatic rings. The van der Waals surface area contributed by atoms with Crippen LogP contribution in [0.1, 0.15) is 68.5 Å². The lowest BCUT2D eigenvalue weighted by Crippen LogP contribution is -2.23. The van der Waals surface area contributed by atoms with Crippen LogP contribution in [0.3, 0.4) is 0 Å². The zero-order chi connectivity index (χ0) is 31.8. The van der Waals surface area contributed by atoms with Crippen molar-refractivity contribution in [1.29, 1.82) is 0 Å². The van der Waals surface area contributed by atoms with Crippen LogP contribution in [0.4, 0.5) is 0 Å². The van der Waals surface area contributed by atoms with Crippen molar-refractivity contribution in [3.05, 3.63) is 69.8 Å². The first-order chi connectivity index (χ1) is 20.4. The molecule has 6 N–H and O–H groups in total. The topological polar surface area (TPSA) is 204 Å². The zero-order valence-corrected chi connectivity index (χ0v) is 23.8. The van der Waals surface area contributed by atoms with Crippen molar-refractivity contribution < 1.29 is 59.2 Å². The SMILES string of the molecule is CCOC(=O)c1cc(O)cc(CN(Cc2cc(O)cc(C(=O)OCC)c2O)Cc2cc(O)cc(C(=O)OCC)c2O)c1O. The van der Waals surface area contributed by atoms with E-state index in [0.29, 0.717) is 0 Å². The third kappa shape index (κ3) is 7.77. The predicted molar refractivity (Wildman–Crippen MR) is 150 cm³/mol. The van der Waals surface area contributed by atoms with Crippen LogP contribution in [0.25, 0.3) is 0 Å². The number of carbonyl (C=O) groups excluding carboxylic acids is 3.